The highest BCUT2D eigenvalue weighted by Crippen LogP contribution is 2.20. The summed E-state index contributed by atoms with van der Waals surface area (Å²) in [5.41, 5.74) is 2.00. The Bertz CT molecular complexity index is 831. The van der Waals surface area contributed by atoms with Gasteiger partial charge < -0.3 is 15.5 Å². The van der Waals surface area contributed by atoms with Gasteiger partial charge >= 0.3 is 0 Å². The highest BCUT2D eigenvalue weighted by molar-refractivity contribution is 7.84. The van der Waals surface area contributed by atoms with Gasteiger partial charge in [0, 0.05) is 60.7 Å². The van der Waals surface area contributed by atoms with Gasteiger partial charge in [0.15, 0.2) is 5.96 Å². The van der Waals surface area contributed by atoms with E-state index in [2.05, 4.69) is 20.5 Å². The maximum atomic E-state index is 13.5. The summed E-state index contributed by atoms with van der Waals surface area (Å²) >= 11 is 0. The minimum absolute atomic E-state index is 0.210. The highest BCUT2D eigenvalue weighted by Gasteiger charge is 2.21. The molecule has 0 saturated carbocycles. The third-order valence-corrected chi connectivity index (χ3v) is 6.27. The number of nitrogens with zero attached hydrogens (tertiary/aromatic N) is 2. The molecule has 1 heterocycles. The van der Waals surface area contributed by atoms with Crippen molar-refractivity contribution in [2.24, 2.45) is 4.99 Å². The van der Waals surface area contributed by atoms with E-state index < -0.39 is 10.8 Å². The zero-order valence-corrected chi connectivity index (χ0v) is 17.6. The molecule has 1 aliphatic rings. The molecule has 2 atom stereocenters. The van der Waals surface area contributed by atoms with E-state index in [4.69, 9.17) is 0 Å². The molecule has 156 valence electrons. The van der Waals surface area contributed by atoms with Gasteiger partial charge in [0.05, 0.1) is 0 Å². The molecule has 2 N–H and O–H groups in total. The van der Waals surface area contributed by atoms with Crippen molar-refractivity contribution >= 4 is 22.4 Å². The van der Waals surface area contributed by atoms with Gasteiger partial charge in [0.25, 0.3) is 0 Å². The molecule has 5 nitrogen and oxygen atoms in total. The number of benzene rings is 2. The molecule has 7 heteroatoms. The molecule has 2 aromatic carbocycles. The van der Waals surface area contributed by atoms with E-state index in [0.717, 1.165) is 37.2 Å². The first kappa shape index (κ1) is 21.3. The van der Waals surface area contributed by atoms with E-state index in [1.165, 1.54) is 6.07 Å². The van der Waals surface area contributed by atoms with Crippen LogP contribution >= 0.6 is 0 Å². The molecule has 0 amide bonds. The molecular weight excluding hydrogens is 387 g/mol. The summed E-state index contributed by atoms with van der Waals surface area (Å²) in [6, 6.07) is 16.9. The number of aliphatic imine (C=N–C) groups is 1. The van der Waals surface area contributed by atoms with Crippen LogP contribution < -0.4 is 15.5 Å². The zero-order chi connectivity index (χ0) is 20.5. The molecule has 1 saturated heterocycles. The summed E-state index contributed by atoms with van der Waals surface area (Å²) in [7, 11) is 0.821. The zero-order valence-electron chi connectivity index (χ0n) is 16.8. The van der Waals surface area contributed by atoms with Crippen molar-refractivity contribution in [3.05, 3.63) is 66.0 Å². The van der Waals surface area contributed by atoms with Gasteiger partial charge in [0.1, 0.15) is 5.82 Å². The summed E-state index contributed by atoms with van der Waals surface area (Å²) in [6.07, 6.45) is 2.07. The predicted octanol–water partition coefficient (Wildman–Crippen LogP) is 2.91. The van der Waals surface area contributed by atoms with Crippen LogP contribution in [0.2, 0.25) is 0 Å². The number of nitrogens with one attached hydrogen (secondary N) is 2. The molecule has 2 unspecified atom stereocenters. The maximum absolute atomic E-state index is 13.5. The number of hydrogen-bond acceptors (Lipinski definition) is 3. The summed E-state index contributed by atoms with van der Waals surface area (Å²) in [6.45, 7) is 2.32. The Morgan fingerprint density at radius 3 is 2.83 bits per heavy atom. The minimum atomic E-state index is -0.918. The van der Waals surface area contributed by atoms with Crippen LogP contribution in [0.3, 0.4) is 0 Å². The first-order valence-corrected chi connectivity index (χ1v) is 11.5. The number of anilines is 1. The second-order valence-corrected chi connectivity index (χ2v) is 8.76. The molecule has 2 aromatic rings. The average molecular weight is 417 g/mol. The van der Waals surface area contributed by atoms with E-state index in [1.54, 1.807) is 19.2 Å². The van der Waals surface area contributed by atoms with Crippen molar-refractivity contribution in [1.29, 1.82) is 0 Å². The smallest absolute Gasteiger partial charge is 0.191 e. The van der Waals surface area contributed by atoms with Crippen LogP contribution in [0.15, 0.2) is 59.6 Å². The van der Waals surface area contributed by atoms with Gasteiger partial charge in [0.2, 0.25) is 0 Å². The van der Waals surface area contributed by atoms with Gasteiger partial charge in [-0.15, -0.1) is 0 Å². The molecule has 29 heavy (non-hydrogen) atoms. The van der Waals surface area contributed by atoms with Crippen LogP contribution in [0.1, 0.15) is 18.4 Å². The van der Waals surface area contributed by atoms with E-state index in [0.29, 0.717) is 24.0 Å². The quantitative estimate of drug-likeness (QED) is 0.538. The molecular formula is C22H29FN4OS. The number of hydrogen-bond donors (Lipinski definition) is 2. The van der Waals surface area contributed by atoms with Crippen molar-refractivity contribution in [3.63, 3.8) is 0 Å². The molecule has 0 spiro atoms. The van der Waals surface area contributed by atoms with Gasteiger partial charge in [-0.05, 0) is 36.6 Å². The van der Waals surface area contributed by atoms with Crippen molar-refractivity contribution in [1.82, 2.24) is 10.6 Å². The average Bonchev–Trinajstić information content (AvgIpc) is 2.74. The number of guanidine groups is 1. The fraction of sp³-hybridized carbons (Fsp3) is 0.409. The van der Waals surface area contributed by atoms with Crippen molar-refractivity contribution in [2.75, 3.05) is 37.3 Å². The van der Waals surface area contributed by atoms with Crippen molar-refractivity contribution in [2.45, 2.75) is 24.6 Å². The number of halogens is 1. The van der Waals surface area contributed by atoms with E-state index in [-0.39, 0.29) is 11.9 Å². The minimum Gasteiger partial charge on any atom is -0.369 e. The molecule has 1 aliphatic heterocycles. The predicted molar refractivity (Wildman–Crippen MR) is 119 cm³/mol. The molecule has 0 bridgehead atoms. The standard InChI is InChI=1S/C22H29FN4OS/c1-24-22(25-12-14-29(28)17-18-7-3-2-4-8-18)26-20-10-6-13-27(16-20)21-11-5-9-19(23)15-21/h2-5,7-9,11,15,20H,6,10,12-14,16-17H2,1H3,(H2,24,25,26). The lowest BCUT2D eigenvalue weighted by atomic mass is 10.0. The van der Waals surface area contributed by atoms with Gasteiger partial charge in [-0.2, -0.15) is 0 Å². The summed E-state index contributed by atoms with van der Waals surface area (Å²) in [5, 5.41) is 6.71. The van der Waals surface area contributed by atoms with E-state index in [9.17, 15) is 8.60 Å². The Labute approximate surface area is 174 Å². The van der Waals surface area contributed by atoms with Crippen LogP contribution in [0, 0.1) is 5.82 Å². The lowest BCUT2D eigenvalue weighted by molar-refractivity contribution is 0.468. The second-order valence-electron chi connectivity index (χ2n) is 7.18. The first-order chi connectivity index (χ1) is 14.1. The summed E-state index contributed by atoms with van der Waals surface area (Å²) in [4.78, 5) is 6.49. The van der Waals surface area contributed by atoms with Crippen LogP contribution in [-0.4, -0.2) is 48.6 Å². The Hall–Kier alpha value is -2.41. The second kappa shape index (κ2) is 11.0. The van der Waals surface area contributed by atoms with E-state index >= 15 is 0 Å². The maximum Gasteiger partial charge on any atom is 0.191 e. The molecule has 1 fully saturated rings. The van der Waals surface area contributed by atoms with Gasteiger partial charge in [-0.25, -0.2) is 4.39 Å². The summed E-state index contributed by atoms with van der Waals surface area (Å²) < 4.78 is 25.8. The van der Waals surface area contributed by atoms with Crippen molar-refractivity contribution < 1.29 is 8.60 Å². The Kier molecular flexibility index (Phi) is 8.04. The van der Waals surface area contributed by atoms with Crippen LogP contribution in [-0.2, 0) is 16.6 Å². The summed E-state index contributed by atoms with van der Waals surface area (Å²) in [5.74, 6) is 1.64. The lowest BCUT2D eigenvalue weighted by Crippen LogP contribution is -2.51. The van der Waals surface area contributed by atoms with Crippen LogP contribution in [0.5, 0.6) is 0 Å². The topological polar surface area (TPSA) is 56.7 Å². The molecule has 0 aliphatic carbocycles. The first-order valence-electron chi connectivity index (χ1n) is 10.0. The van der Waals surface area contributed by atoms with Crippen molar-refractivity contribution in [3.8, 4) is 0 Å². The molecule has 3 rings (SSSR count). The Morgan fingerprint density at radius 1 is 1.24 bits per heavy atom. The normalized spacial score (nSPS) is 18.3. The molecule has 0 radical (unpaired) electrons. The fourth-order valence-electron chi connectivity index (χ4n) is 3.51. The van der Waals surface area contributed by atoms with Crippen LogP contribution in [0.4, 0.5) is 10.1 Å². The number of piperidine rings is 1. The van der Waals surface area contributed by atoms with Gasteiger partial charge in [-0.1, -0.05) is 36.4 Å². The monoisotopic (exact) mass is 416 g/mol. The van der Waals surface area contributed by atoms with Gasteiger partial charge in [-0.3, -0.25) is 9.20 Å². The largest absolute Gasteiger partial charge is 0.369 e. The lowest BCUT2D eigenvalue weighted by Gasteiger charge is -2.35. The Morgan fingerprint density at radius 2 is 2.07 bits per heavy atom. The highest BCUT2D eigenvalue weighted by atomic mass is 32.2. The van der Waals surface area contributed by atoms with Crippen LogP contribution in [0.25, 0.3) is 0 Å². The third kappa shape index (κ3) is 6.85. The van der Waals surface area contributed by atoms with E-state index in [1.807, 2.05) is 36.4 Å². The fourth-order valence-corrected chi connectivity index (χ4v) is 4.54. The third-order valence-electron chi connectivity index (χ3n) is 4.95. The Balaban J connectivity index is 1.44. The number of rotatable bonds is 7. The molecule has 0 aromatic heterocycles. The SMILES string of the molecule is CN=C(NCCS(=O)Cc1ccccc1)NC1CCCN(c2cccc(F)c2)C1.